The first-order valence-electron chi connectivity index (χ1n) is 5.27. The standard InChI is InChI=1S/C15H14O/c1-2-12-7-3-5-9-14(12)15-10-6-4-8-13(15)11-16/h2-10,16H,1,11H2. The lowest BCUT2D eigenvalue weighted by Gasteiger charge is -2.10. The fourth-order valence-corrected chi connectivity index (χ4v) is 1.84. The van der Waals surface area contributed by atoms with Crippen molar-refractivity contribution in [1.29, 1.82) is 0 Å². The minimum atomic E-state index is 0.0572. The second kappa shape index (κ2) is 4.77. The summed E-state index contributed by atoms with van der Waals surface area (Å²) in [4.78, 5) is 0. The van der Waals surface area contributed by atoms with E-state index in [0.717, 1.165) is 22.3 Å². The molecule has 16 heavy (non-hydrogen) atoms. The van der Waals surface area contributed by atoms with Crippen molar-refractivity contribution in [2.75, 3.05) is 0 Å². The van der Waals surface area contributed by atoms with Crippen LogP contribution in [0, 0.1) is 0 Å². The quantitative estimate of drug-likeness (QED) is 0.822. The number of benzene rings is 2. The van der Waals surface area contributed by atoms with E-state index in [1.54, 1.807) is 0 Å². The Balaban J connectivity index is 2.62. The molecule has 0 spiro atoms. The first-order valence-corrected chi connectivity index (χ1v) is 5.27. The fourth-order valence-electron chi connectivity index (χ4n) is 1.84. The van der Waals surface area contributed by atoms with Crippen LogP contribution in [0.1, 0.15) is 11.1 Å². The summed E-state index contributed by atoms with van der Waals surface area (Å²) in [5, 5.41) is 9.32. The van der Waals surface area contributed by atoms with Gasteiger partial charge in [0.1, 0.15) is 0 Å². The summed E-state index contributed by atoms with van der Waals surface area (Å²) in [7, 11) is 0. The molecule has 1 heteroatoms. The number of aliphatic hydroxyl groups excluding tert-OH is 1. The first kappa shape index (κ1) is 10.7. The van der Waals surface area contributed by atoms with E-state index in [9.17, 15) is 5.11 Å². The zero-order chi connectivity index (χ0) is 11.4. The van der Waals surface area contributed by atoms with Crippen LogP contribution in [0.4, 0.5) is 0 Å². The third-order valence-electron chi connectivity index (χ3n) is 2.66. The zero-order valence-electron chi connectivity index (χ0n) is 9.06. The Kier molecular flexibility index (Phi) is 3.18. The maximum absolute atomic E-state index is 9.32. The molecule has 1 nitrogen and oxygen atoms in total. The highest BCUT2D eigenvalue weighted by atomic mass is 16.3. The highest BCUT2D eigenvalue weighted by Crippen LogP contribution is 2.27. The van der Waals surface area contributed by atoms with E-state index in [1.165, 1.54) is 0 Å². The third-order valence-corrected chi connectivity index (χ3v) is 2.66. The molecule has 0 aliphatic carbocycles. The molecule has 0 unspecified atom stereocenters. The van der Waals surface area contributed by atoms with Crippen LogP contribution in [0.5, 0.6) is 0 Å². The summed E-state index contributed by atoms with van der Waals surface area (Å²) in [5.41, 5.74) is 4.21. The molecule has 0 amide bonds. The van der Waals surface area contributed by atoms with Crippen LogP contribution in [0.2, 0.25) is 0 Å². The van der Waals surface area contributed by atoms with Gasteiger partial charge in [0.2, 0.25) is 0 Å². The second-order valence-electron chi connectivity index (χ2n) is 3.61. The van der Waals surface area contributed by atoms with Crippen LogP contribution in [-0.4, -0.2) is 5.11 Å². The molecule has 0 saturated carbocycles. The van der Waals surface area contributed by atoms with E-state index in [4.69, 9.17) is 0 Å². The molecule has 0 saturated heterocycles. The highest BCUT2D eigenvalue weighted by Gasteiger charge is 2.05. The van der Waals surface area contributed by atoms with Gasteiger partial charge < -0.3 is 5.11 Å². The molecule has 0 atom stereocenters. The number of hydrogen-bond acceptors (Lipinski definition) is 1. The van der Waals surface area contributed by atoms with Gasteiger partial charge in [-0.05, 0) is 22.3 Å². The molecule has 0 aromatic heterocycles. The smallest absolute Gasteiger partial charge is 0.0687 e. The first-order chi connectivity index (χ1) is 7.86. The molecular formula is C15H14O. The number of rotatable bonds is 3. The van der Waals surface area contributed by atoms with Crippen molar-refractivity contribution in [3.8, 4) is 11.1 Å². The maximum Gasteiger partial charge on any atom is 0.0687 e. The molecule has 0 radical (unpaired) electrons. The van der Waals surface area contributed by atoms with Gasteiger partial charge >= 0.3 is 0 Å². The van der Waals surface area contributed by atoms with Gasteiger partial charge in [0.25, 0.3) is 0 Å². The minimum Gasteiger partial charge on any atom is -0.392 e. The van der Waals surface area contributed by atoms with Crippen molar-refractivity contribution in [2.45, 2.75) is 6.61 Å². The molecule has 2 aromatic rings. The highest BCUT2D eigenvalue weighted by molar-refractivity contribution is 5.76. The third kappa shape index (κ3) is 1.90. The van der Waals surface area contributed by atoms with Crippen molar-refractivity contribution in [3.05, 3.63) is 66.2 Å². The minimum absolute atomic E-state index is 0.0572. The lowest BCUT2D eigenvalue weighted by molar-refractivity contribution is 0.282. The van der Waals surface area contributed by atoms with Gasteiger partial charge in [-0.2, -0.15) is 0 Å². The van der Waals surface area contributed by atoms with Gasteiger partial charge in [-0.15, -0.1) is 0 Å². The van der Waals surface area contributed by atoms with Crippen LogP contribution >= 0.6 is 0 Å². The van der Waals surface area contributed by atoms with Crippen LogP contribution in [0.3, 0.4) is 0 Å². The Morgan fingerprint density at radius 2 is 1.56 bits per heavy atom. The van der Waals surface area contributed by atoms with Crippen LogP contribution in [-0.2, 0) is 6.61 Å². The van der Waals surface area contributed by atoms with Crippen molar-refractivity contribution in [2.24, 2.45) is 0 Å². The van der Waals surface area contributed by atoms with Crippen molar-refractivity contribution in [1.82, 2.24) is 0 Å². The maximum atomic E-state index is 9.32. The van der Waals surface area contributed by atoms with E-state index in [-0.39, 0.29) is 6.61 Å². The van der Waals surface area contributed by atoms with Gasteiger partial charge in [0.05, 0.1) is 6.61 Å². The Bertz CT molecular complexity index is 500. The Hall–Kier alpha value is -1.86. The topological polar surface area (TPSA) is 20.2 Å². The van der Waals surface area contributed by atoms with E-state index < -0.39 is 0 Å². The number of hydrogen-bond donors (Lipinski definition) is 1. The van der Waals surface area contributed by atoms with Crippen molar-refractivity contribution in [3.63, 3.8) is 0 Å². The Morgan fingerprint density at radius 3 is 2.25 bits per heavy atom. The summed E-state index contributed by atoms with van der Waals surface area (Å²) < 4.78 is 0. The predicted octanol–water partition coefficient (Wildman–Crippen LogP) is 3.49. The molecule has 2 aromatic carbocycles. The molecular weight excluding hydrogens is 196 g/mol. The molecule has 0 heterocycles. The van der Waals surface area contributed by atoms with Crippen LogP contribution < -0.4 is 0 Å². The Morgan fingerprint density at radius 1 is 0.938 bits per heavy atom. The fraction of sp³-hybridized carbons (Fsp3) is 0.0667. The SMILES string of the molecule is C=Cc1ccccc1-c1ccccc1CO. The van der Waals surface area contributed by atoms with E-state index in [2.05, 4.69) is 6.58 Å². The van der Waals surface area contributed by atoms with Gasteiger partial charge in [-0.25, -0.2) is 0 Å². The summed E-state index contributed by atoms with van der Waals surface area (Å²) in [6.07, 6.45) is 1.84. The van der Waals surface area contributed by atoms with Crippen LogP contribution in [0.15, 0.2) is 55.1 Å². The second-order valence-corrected chi connectivity index (χ2v) is 3.61. The molecule has 2 rings (SSSR count). The molecule has 80 valence electrons. The van der Waals surface area contributed by atoms with E-state index >= 15 is 0 Å². The van der Waals surface area contributed by atoms with E-state index in [0.29, 0.717) is 0 Å². The van der Waals surface area contributed by atoms with Gasteiger partial charge in [-0.1, -0.05) is 61.2 Å². The summed E-state index contributed by atoms with van der Waals surface area (Å²) in [6, 6.07) is 15.9. The summed E-state index contributed by atoms with van der Waals surface area (Å²) in [6.45, 7) is 3.87. The normalized spacial score (nSPS) is 10.1. The average molecular weight is 210 g/mol. The van der Waals surface area contributed by atoms with Crippen LogP contribution in [0.25, 0.3) is 17.2 Å². The lowest BCUT2D eigenvalue weighted by Crippen LogP contribution is -1.90. The average Bonchev–Trinajstić information content (AvgIpc) is 2.38. The molecule has 0 aliphatic heterocycles. The van der Waals surface area contributed by atoms with Crippen molar-refractivity contribution >= 4 is 6.08 Å². The summed E-state index contributed by atoms with van der Waals surface area (Å²) in [5.74, 6) is 0. The zero-order valence-corrected chi connectivity index (χ0v) is 9.06. The summed E-state index contributed by atoms with van der Waals surface area (Å²) >= 11 is 0. The molecule has 0 aliphatic rings. The molecule has 0 bridgehead atoms. The largest absolute Gasteiger partial charge is 0.392 e. The molecule has 0 fully saturated rings. The van der Waals surface area contributed by atoms with Gasteiger partial charge in [-0.3, -0.25) is 0 Å². The Labute approximate surface area is 95.7 Å². The van der Waals surface area contributed by atoms with Gasteiger partial charge in [0, 0.05) is 0 Å². The lowest BCUT2D eigenvalue weighted by atomic mass is 9.96. The monoisotopic (exact) mass is 210 g/mol. The van der Waals surface area contributed by atoms with Gasteiger partial charge in [0.15, 0.2) is 0 Å². The number of aliphatic hydroxyl groups is 1. The predicted molar refractivity (Wildman–Crippen MR) is 67.9 cm³/mol. The van der Waals surface area contributed by atoms with Crippen molar-refractivity contribution < 1.29 is 5.11 Å². The molecule has 1 N–H and O–H groups in total. The van der Waals surface area contributed by atoms with E-state index in [1.807, 2.05) is 54.6 Å².